The molecule has 2 aromatic heterocycles. The van der Waals surface area contributed by atoms with E-state index in [1.165, 1.54) is 16.2 Å². The minimum atomic E-state index is -0.745. The van der Waals surface area contributed by atoms with Crippen molar-refractivity contribution in [3.05, 3.63) is 74.1 Å². The molecule has 3 heterocycles. The number of fused-ring (bicyclic) bond motifs is 2. The monoisotopic (exact) mass is 491 g/mol. The highest BCUT2D eigenvalue weighted by molar-refractivity contribution is 7.15. The second kappa shape index (κ2) is 9.14. The molecule has 0 radical (unpaired) electrons. The number of nitrogens with zero attached hydrogens (tertiary/aromatic N) is 3. The van der Waals surface area contributed by atoms with Crippen molar-refractivity contribution in [1.82, 2.24) is 10.2 Å². The van der Waals surface area contributed by atoms with Crippen LogP contribution in [0.25, 0.3) is 11.0 Å². The Labute approximate surface area is 206 Å². The Hall–Kier alpha value is -3.72. The predicted molar refractivity (Wildman–Crippen MR) is 134 cm³/mol. The van der Waals surface area contributed by atoms with Crippen LogP contribution in [-0.4, -0.2) is 29.8 Å². The number of hydrogen-bond acceptors (Lipinski definition) is 8. The van der Waals surface area contributed by atoms with Crippen molar-refractivity contribution >= 4 is 33.3 Å². The first kappa shape index (κ1) is 23.0. The summed E-state index contributed by atoms with van der Waals surface area (Å²) in [5, 5.41) is 10.1. The first-order chi connectivity index (χ1) is 17.0. The molecule has 1 atom stereocenters. The number of hydrogen-bond donors (Lipinski definition) is 0. The lowest BCUT2D eigenvalue weighted by Crippen LogP contribution is -2.29. The van der Waals surface area contributed by atoms with Gasteiger partial charge in [-0.1, -0.05) is 37.3 Å². The van der Waals surface area contributed by atoms with Gasteiger partial charge in [-0.05, 0) is 55.2 Å². The van der Waals surface area contributed by atoms with Gasteiger partial charge in [0.1, 0.15) is 10.6 Å². The molecule has 0 spiro atoms. The number of benzene rings is 2. The quantitative estimate of drug-likeness (QED) is 0.362. The molecule has 35 heavy (non-hydrogen) atoms. The summed E-state index contributed by atoms with van der Waals surface area (Å²) < 4.78 is 17.3. The van der Waals surface area contributed by atoms with Crippen LogP contribution >= 0.6 is 11.3 Å². The van der Waals surface area contributed by atoms with Crippen molar-refractivity contribution in [2.24, 2.45) is 0 Å². The first-order valence-electron chi connectivity index (χ1n) is 11.6. The van der Waals surface area contributed by atoms with Crippen LogP contribution < -0.4 is 19.8 Å². The maximum atomic E-state index is 13.9. The number of methoxy groups -OCH3 is 1. The standard InChI is InChI=1S/C26H25N3O5S/c1-5-14-8-10-17-16(12-14)23(30)21-22(15-9-11-18(33-7-3)19(13-15)32-4)29(25(31)24(21)34-17)26-28-27-20(6-2)35-26/h8-13,22H,5-7H2,1-4H3. The van der Waals surface area contributed by atoms with Crippen LogP contribution in [0.3, 0.4) is 0 Å². The number of ether oxygens (including phenoxy) is 2. The minimum Gasteiger partial charge on any atom is -0.493 e. The Kier molecular flexibility index (Phi) is 6.02. The highest BCUT2D eigenvalue weighted by Gasteiger charge is 2.45. The number of rotatable bonds is 7. The summed E-state index contributed by atoms with van der Waals surface area (Å²) in [5.41, 5.74) is 2.14. The number of carbonyl (C=O) groups excluding carboxylic acids is 1. The third kappa shape index (κ3) is 3.76. The fourth-order valence-corrected chi connectivity index (χ4v) is 5.17. The molecule has 1 aliphatic rings. The minimum absolute atomic E-state index is 0.0258. The summed E-state index contributed by atoms with van der Waals surface area (Å²) in [4.78, 5) is 29.1. The van der Waals surface area contributed by atoms with Crippen molar-refractivity contribution in [2.75, 3.05) is 18.6 Å². The van der Waals surface area contributed by atoms with E-state index in [0.717, 1.165) is 17.0 Å². The SMILES string of the molecule is CCOc1ccc(C2c3c(oc4ccc(CC)cc4c3=O)C(=O)N2c2nnc(CC)s2)cc1OC. The zero-order chi connectivity index (χ0) is 24.7. The number of aryl methyl sites for hydroxylation is 2. The van der Waals surface area contributed by atoms with Crippen molar-refractivity contribution < 1.29 is 18.7 Å². The van der Waals surface area contributed by atoms with E-state index in [1.54, 1.807) is 25.3 Å². The molecule has 8 nitrogen and oxygen atoms in total. The highest BCUT2D eigenvalue weighted by Crippen LogP contribution is 2.44. The van der Waals surface area contributed by atoms with Gasteiger partial charge in [-0.2, -0.15) is 0 Å². The number of carbonyl (C=O) groups is 1. The molecule has 0 aliphatic carbocycles. The van der Waals surface area contributed by atoms with Gasteiger partial charge in [0.25, 0.3) is 5.91 Å². The molecule has 1 unspecified atom stereocenters. The zero-order valence-electron chi connectivity index (χ0n) is 20.0. The second-order valence-corrected chi connectivity index (χ2v) is 9.15. The number of aromatic nitrogens is 2. The van der Waals surface area contributed by atoms with E-state index in [0.29, 0.717) is 46.2 Å². The Balaban J connectivity index is 1.77. The van der Waals surface area contributed by atoms with E-state index in [1.807, 2.05) is 39.0 Å². The molecule has 0 fully saturated rings. The molecule has 4 aromatic rings. The number of amides is 1. The maximum absolute atomic E-state index is 13.9. The fourth-order valence-electron chi connectivity index (χ4n) is 4.37. The van der Waals surface area contributed by atoms with Crippen molar-refractivity contribution in [3.8, 4) is 11.5 Å². The molecule has 0 saturated heterocycles. The molecule has 5 rings (SSSR count). The molecular weight excluding hydrogens is 466 g/mol. The highest BCUT2D eigenvalue weighted by atomic mass is 32.1. The normalized spacial score (nSPS) is 15.0. The smallest absolute Gasteiger partial charge is 0.297 e. The average Bonchev–Trinajstić information content (AvgIpc) is 3.47. The van der Waals surface area contributed by atoms with Crippen LogP contribution in [0.1, 0.15) is 59.1 Å². The van der Waals surface area contributed by atoms with E-state index >= 15 is 0 Å². The Morgan fingerprint density at radius 2 is 1.86 bits per heavy atom. The molecule has 1 amide bonds. The van der Waals surface area contributed by atoms with Crippen LogP contribution in [0.4, 0.5) is 5.13 Å². The summed E-state index contributed by atoms with van der Waals surface area (Å²) in [6.07, 6.45) is 1.47. The van der Waals surface area contributed by atoms with Crippen molar-refractivity contribution in [3.63, 3.8) is 0 Å². The Morgan fingerprint density at radius 1 is 1.03 bits per heavy atom. The Bertz CT molecular complexity index is 1490. The summed E-state index contributed by atoms with van der Waals surface area (Å²) in [5.74, 6) is 0.695. The van der Waals surface area contributed by atoms with E-state index in [-0.39, 0.29) is 16.8 Å². The molecular formula is C26H25N3O5S. The van der Waals surface area contributed by atoms with Gasteiger partial charge >= 0.3 is 0 Å². The summed E-state index contributed by atoms with van der Waals surface area (Å²) >= 11 is 1.32. The molecule has 9 heteroatoms. The van der Waals surface area contributed by atoms with Gasteiger partial charge in [0.15, 0.2) is 16.9 Å². The summed E-state index contributed by atoms with van der Waals surface area (Å²) in [6.45, 7) is 6.37. The maximum Gasteiger partial charge on any atom is 0.297 e. The van der Waals surface area contributed by atoms with Gasteiger partial charge in [-0.15, -0.1) is 10.2 Å². The third-order valence-electron chi connectivity index (χ3n) is 6.11. The van der Waals surface area contributed by atoms with Crippen LogP contribution in [0.5, 0.6) is 11.5 Å². The van der Waals surface area contributed by atoms with E-state index in [2.05, 4.69) is 10.2 Å². The topological polar surface area (TPSA) is 94.8 Å². The van der Waals surface area contributed by atoms with Gasteiger partial charge < -0.3 is 13.9 Å². The average molecular weight is 492 g/mol. The van der Waals surface area contributed by atoms with Gasteiger partial charge in [-0.25, -0.2) is 0 Å². The zero-order valence-corrected chi connectivity index (χ0v) is 20.8. The molecule has 1 aliphatic heterocycles. The van der Waals surface area contributed by atoms with E-state index in [9.17, 15) is 9.59 Å². The largest absolute Gasteiger partial charge is 0.493 e. The lowest BCUT2D eigenvalue weighted by atomic mass is 9.97. The second-order valence-electron chi connectivity index (χ2n) is 8.11. The van der Waals surface area contributed by atoms with Crippen LogP contribution in [-0.2, 0) is 12.8 Å². The molecule has 0 saturated carbocycles. The lowest BCUT2D eigenvalue weighted by molar-refractivity contribution is 0.0970. The summed E-state index contributed by atoms with van der Waals surface area (Å²) in [7, 11) is 1.56. The van der Waals surface area contributed by atoms with Gasteiger partial charge in [-0.3, -0.25) is 14.5 Å². The number of anilines is 1. The van der Waals surface area contributed by atoms with Crippen molar-refractivity contribution in [1.29, 1.82) is 0 Å². The molecule has 2 aromatic carbocycles. The Morgan fingerprint density at radius 3 is 2.54 bits per heavy atom. The van der Waals surface area contributed by atoms with E-state index in [4.69, 9.17) is 13.9 Å². The fraction of sp³-hybridized carbons (Fsp3) is 0.308. The molecule has 180 valence electrons. The predicted octanol–water partition coefficient (Wildman–Crippen LogP) is 4.93. The molecule has 0 N–H and O–H groups in total. The van der Waals surface area contributed by atoms with Crippen molar-refractivity contribution in [2.45, 2.75) is 39.7 Å². The summed E-state index contributed by atoms with van der Waals surface area (Å²) in [6, 6.07) is 10.2. The van der Waals surface area contributed by atoms with Gasteiger partial charge in [0.2, 0.25) is 10.9 Å². The van der Waals surface area contributed by atoms with Crippen LogP contribution in [0.2, 0.25) is 0 Å². The first-order valence-corrected chi connectivity index (χ1v) is 12.4. The van der Waals surface area contributed by atoms with Gasteiger partial charge in [0, 0.05) is 0 Å². The molecule has 0 bridgehead atoms. The van der Waals surface area contributed by atoms with Crippen LogP contribution in [0, 0.1) is 0 Å². The van der Waals surface area contributed by atoms with E-state index < -0.39 is 11.9 Å². The van der Waals surface area contributed by atoms with Gasteiger partial charge in [0.05, 0.1) is 30.7 Å². The van der Waals surface area contributed by atoms with Crippen LogP contribution in [0.15, 0.2) is 45.6 Å². The third-order valence-corrected chi connectivity index (χ3v) is 7.18. The lowest BCUT2D eigenvalue weighted by Gasteiger charge is -2.23.